The van der Waals surface area contributed by atoms with Crippen LogP contribution in [0.4, 0.5) is 0 Å². The van der Waals surface area contributed by atoms with Crippen molar-refractivity contribution in [3.05, 3.63) is 59.7 Å². The van der Waals surface area contributed by atoms with Crippen LogP contribution in [0.5, 0.6) is 11.5 Å². The predicted molar refractivity (Wildman–Crippen MR) is 84.2 cm³/mol. The van der Waals surface area contributed by atoms with Crippen LogP contribution in [0.2, 0.25) is 0 Å². The smallest absolute Gasteiger partial charge is 1.00 e. The Balaban J connectivity index is 0.00000264. The van der Waals surface area contributed by atoms with E-state index in [0.29, 0.717) is 24.9 Å². The number of benzene rings is 2. The summed E-state index contributed by atoms with van der Waals surface area (Å²) in [6.45, 7) is 0.419. The fourth-order valence-electron chi connectivity index (χ4n) is 2.24. The number of hydrogen-bond acceptors (Lipinski definition) is 4. The van der Waals surface area contributed by atoms with Gasteiger partial charge in [0, 0.05) is 12.6 Å². The third kappa shape index (κ3) is 6.23. The zero-order valence-corrected chi connectivity index (χ0v) is 15.1. The molecule has 1 atom stereocenters. The van der Waals surface area contributed by atoms with Gasteiger partial charge in [0.05, 0.1) is 0 Å². The van der Waals surface area contributed by atoms with Gasteiger partial charge in [0.15, 0.2) is 0 Å². The molecule has 0 unspecified atom stereocenters. The van der Waals surface area contributed by atoms with Crippen molar-refractivity contribution >= 4 is 5.97 Å². The molecule has 6 heteroatoms. The van der Waals surface area contributed by atoms with Gasteiger partial charge in [0.25, 0.3) is 0 Å². The normalized spacial score (nSPS) is 11.5. The maximum absolute atomic E-state index is 11.3. The maximum atomic E-state index is 11.3. The largest absolute Gasteiger partial charge is 1.00 e. The van der Waals surface area contributed by atoms with Crippen molar-refractivity contribution in [2.24, 2.45) is 0 Å². The summed E-state index contributed by atoms with van der Waals surface area (Å²) in [5, 5.41) is 31.2. The van der Waals surface area contributed by atoms with E-state index in [2.05, 4.69) is 5.32 Å². The van der Waals surface area contributed by atoms with Gasteiger partial charge in [-0.15, -0.1) is 0 Å². The molecule has 4 N–H and O–H groups in total. The molecule has 23 heavy (non-hydrogen) atoms. The Bertz CT molecular complexity index is 640. The van der Waals surface area contributed by atoms with Gasteiger partial charge in [-0.05, 0) is 30.0 Å². The molecule has 0 amide bonds. The second kappa shape index (κ2) is 9.57. The van der Waals surface area contributed by atoms with E-state index in [1.54, 1.807) is 6.07 Å². The first-order valence-electron chi connectivity index (χ1n) is 7.07. The Labute approximate surface area is 158 Å². The summed E-state index contributed by atoms with van der Waals surface area (Å²) in [5.74, 6) is -0.891. The average Bonchev–Trinajstić information content (AvgIpc) is 2.49. The number of carboxylic acid groups (broad SMARTS) is 1. The van der Waals surface area contributed by atoms with Crippen LogP contribution in [0.25, 0.3) is 0 Å². The minimum absolute atomic E-state index is 0. The summed E-state index contributed by atoms with van der Waals surface area (Å²) in [6.07, 6.45) is 0.877. The van der Waals surface area contributed by atoms with Crippen LogP contribution in [0, 0.1) is 0 Å². The van der Waals surface area contributed by atoms with E-state index in [1.165, 1.54) is 12.1 Å². The molecule has 2 aromatic rings. The van der Waals surface area contributed by atoms with Gasteiger partial charge in [-0.3, -0.25) is 4.79 Å². The Hall–Kier alpha value is -1.53. The molecule has 5 nitrogen and oxygen atoms in total. The molecule has 0 spiro atoms. The Kier molecular flexibility index (Phi) is 8.12. The second-order valence-electron chi connectivity index (χ2n) is 5.10. The van der Waals surface area contributed by atoms with E-state index >= 15 is 0 Å². The van der Waals surface area contributed by atoms with Gasteiger partial charge in [-0.2, -0.15) is 0 Å². The summed E-state index contributed by atoms with van der Waals surface area (Å²) in [4.78, 5) is 11.3. The van der Waals surface area contributed by atoms with Crippen molar-refractivity contribution < 1.29 is 51.1 Å². The van der Waals surface area contributed by atoms with E-state index in [1.807, 2.05) is 30.3 Å². The topological polar surface area (TPSA) is 89.8 Å². The molecule has 0 radical (unpaired) electrons. The number of rotatable bonds is 7. The molecular weight excluding hydrogens is 305 g/mol. The van der Waals surface area contributed by atoms with Gasteiger partial charge >= 0.3 is 35.5 Å². The Morgan fingerprint density at radius 2 is 1.83 bits per heavy atom. The minimum Gasteiger partial charge on any atom is -1.00 e. The van der Waals surface area contributed by atoms with Crippen molar-refractivity contribution in [2.75, 3.05) is 6.54 Å². The number of aliphatic carboxylic acids is 1. The van der Waals surface area contributed by atoms with Crippen LogP contribution in [-0.2, 0) is 17.6 Å². The fourth-order valence-corrected chi connectivity index (χ4v) is 2.24. The fraction of sp³-hybridized carbons (Fsp3) is 0.235. The number of carbonyl (C=O) groups is 1. The number of phenolic OH excluding ortho intramolecular Hbond substituents is 2. The average molecular weight is 325 g/mol. The molecule has 0 saturated carbocycles. The summed E-state index contributed by atoms with van der Waals surface area (Å²) < 4.78 is 0. The van der Waals surface area contributed by atoms with E-state index in [9.17, 15) is 20.1 Å². The van der Waals surface area contributed by atoms with Crippen molar-refractivity contribution in [1.82, 2.24) is 5.32 Å². The van der Waals surface area contributed by atoms with Gasteiger partial charge in [0.2, 0.25) is 0 Å². The molecule has 0 aliphatic carbocycles. The van der Waals surface area contributed by atoms with Crippen LogP contribution in [0.3, 0.4) is 0 Å². The third-order valence-electron chi connectivity index (χ3n) is 3.43. The van der Waals surface area contributed by atoms with Crippen LogP contribution in [0.15, 0.2) is 48.5 Å². The van der Waals surface area contributed by atoms with E-state index in [4.69, 9.17) is 0 Å². The minimum atomic E-state index is -0.904. The number of carboxylic acids is 1. The molecule has 0 aliphatic rings. The van der Waals surface area contributed by atoms with Crippen LogP contribution in [-0.4, -0.2) is 33.9 Å². The SMILES string of the molecule is O=C(O)[C@H](Cc1ccccc1)NCCc1ccc(O)cc1O.[H-].[Na+]. The molecule has 2 aromatic carbocycles. The van der Waals surface area contributed by atoms with Gasteiger partial charge in [-0.25, -0.2) is 0 Å². The van der Waals surface area contributed by atoms with Gasteiger partial charge < -0.3 is 22.1 Å². The molecule has 2 rings (SSSR count). The standard InChI is InChI=1S/C17H19NO4.Na.H/c19-14-7-6-13(16(20)11-14)8-9-18-15(17(21)22)10-12-4-2-1-3-5-12;;/h1-7,11,15,18-20H,8-10H2,(H,21,22);;/q;+1;-1/t15-;;/m0../s1. The van der Waals surface area contributed by atoms with Crippen LogP contribution in [0.1, 0.15) is 12.6 Å². The maximum Gasteiger partial charge on any atom is 1.00 e. The quantitative estimate of drug-likeness (QED) is 0.493. The summed E-state index contributed by atoms with van der Waals surface area (Å²) in [6, 6.07) is 13.1. The number of hydrogen-bond donors (Lipinski definition) is 4. The van der Waals surface area contributed by atoms with E-state index in [0.717, 1.165) is 5.56 Å². The van der Waals surface area contributed by atoms with Crippen molar-refractivity contribution in [3.8, 4) is 11.5 Å². The molecule has 0 saturated heterocycles. The first-order chi connectivity index (χ1) is 10.6. The predicted octanol–water partition coefficient (Wildman–Crippen LogP) is -0.958. The van der Waals surface area contributed by atoms with E-state index < -0.39 is 12.0 Å². The van der Waals surface area contributed by atoms with E-state index in [-0.39, 0.29) is 42.5 Å². The number of aromatic hydroxyl groups is 2. The molecular formula is C17H20NNaO4. The summed E-state index contributed by atoms with van der Waals surface area (Å²) in [5.41, 5.74) is 1.61. The summed E-state index contributed by atoms with van der Waals surface area (Å²) in [7, 11) is 0. The number of nitrogens with one attached hydrogen (secondary N) is 1. The Morgan fingerprint density at radius 3 is 2.43 bits per heavy atom. The zero-order chi connectivity index (χ0) is 15.9. The van der Waals surface area contributed by atoms with Crippen molar-refractivity contribution in [3.63, 3.8) is 0 Å². The first kappa shape index (κ1) is 19.5. The molecule has 0 aliphatic heterocycles. The van der Waals surface area contributed by atoms with Crippen LogP contribution < -0.4 is 34.9 Å². The van der Waals surface area contributed by atoms with Crippen molar-refractivity contribution in [1.29, 1.82) is 0 Å². The summed E-state index contributed by atoms with van der Waals surface area (Å²) >= 11 is 0. The molecule has 0 fully saturated rings. The second-order valence-corrected chi connectivity index (χ2v) is 5.10. The van der Waals surface area contributed by atoms with Gasteiger partial charge in [0.1, 0.15) is 17.5 Å². The Morgan fingerprint density at radius 1 is 1.13 bits per heavy atom. The van der Waals surface area contributed by atoms with Gasteiger partial charge in [-0.1, -0.05) is 36.4 Å². The third-order valence-corrected chi connectivity index (χ3v) is 3.43. The molecule has 0 bridgehead atoms. The monoisotopic (exact) mass is 325 g/mol. The number of phenols is 2. The zero-order valence-electron chi connectivity index (χ0n) is 14.1. The molecule has 0 aromatic heterocycles. The van der Waals surface area contributed by atoms with Crippen molar-refractivity contribution in [2.45, 2.75) is 18.9 Å². The molecule has 0 heterocycles. The molecule has 118 valence electrons. The van der Waals surface area contributed by atoms with Crippen LogP contribution >= 0.6 is 0 Å². The first-order valence-corrected chi connectivity index (χ1v) is 7.07.